The largest absolute Gasteiger partial charge is 0.325 e. The van der Waals surface area contributed by atoms with E-state index < -0.39 is 0 Å². The van der Waals surface area contributed by atoms with E-state index in [1.807, 2.05) is 55.5 Å². The van der Waals surface area contributed by atoms with Crippen molar-refractivity contribution in [2.45, 2.75) is 17.0 Å². The number of hydrogen-bond acceptors (Lipinski definition) is 5. The first-order valence-corrected chi connectivity index (χ1v) is 9.62. The number of aromatic nitrogens is 2. The fraction of sp³-hybridized carbons (Fsp3) is 0.118. The van der Waals surface area contributed by atoms with Gasteiger partial charge in [-0.1, -0.05) is 64.5 Å². The van der Waals surface area contributed by atoms with Gasteiger partial charge in [0, 0.05) is 16.5 Å². The smallest absolute Gasteiger partial charge is 0.308 e. The van der Waals surface area contributed by atoms with Gasteiger partial charge in [0.15, 0.2) is 4.34 Å². The van der Waals surface area contributed by atoms with Crippen LogP contribution in [0.4, 0.5) is 15.6 Å². The van der Waals surface area contributed by atoms with Gasteiger partial charge in [-0.15, -0.1) is 10.2 Å². The van der Waals surface area contributed by atoms with Crippen LogP contribution in [0.15, 0.2) is 52.9 Å². The van der Waals surface area contributed by atoms with E-state index >= 15 is 0 Å². The molecule has 0 spiro atoms. The normalized spacial score (nSPS) is 10.5. The molecule has 5 nitrogen and oxygen atoms in total. The fourth-order valence-corrected chi connectivity index (χ4v) is 3.77. The van der Waals surface area contributed by atoms with Crippen molar-refractivity contribution in [2.24, 2.45) is 0 Å². The minimum absolute atomic E-state index is 0.339. The fourth-order valence-electron chi connectivity index (χ4n) is 1.94. The van der Waals surface area contributed by atoms with E-state index in [2.05, 4.69) is 20.8 Å². The summed E-state index contributed by atoms with van der Waals surface area (Å²) in [4.78, 5) is 12.0. The molecule has 0 bridgehead atoms. The number of rotatable bonds is 5. The van der Waals surface area contributed by atoms with Crippen LogP contribution >= 0.6 is 34.7 Å². The van der Waals surface area contributed by atoms with Gasteiger partial charge in [0.2, 0.25) is 5.13 Å². The molecule has 0 aliphatic rings. The van der Waals surface area contributed by atoms with Crippen molar-refractivity contribution in [3.8, 4) is 0 Å². The highest BCUT2D eigenvalue weighted by Gasteiger charge is 2.09. The standard InChI is InChI=1S/C17H15ClN4OS2/c1-11-2-8-14(9-3-11)19-15(23)20-16-21-22-17(25-16)24-10-12-4-6-13(18)7-5-12/h2-9H,10H2,1H3,(H2,19,20,21,23). The maximum Gasteiger partial charge on any atom is 0.325 e. The van der Waals surface area contributed by atoms with Crippen molar-refractivity contribution in [1.29, 1.82) is 0 Å². The first-order valence-electron chi connectivity index (χ1n) is 7.44. The van der Waals surface area contributed by atoms with Crippen LogP contribution in [0.3, 0.4) is 0 Å². The second-order valence-corrected chi connectivity index (χ2v) is 7.87. The molecular formula is C17H15ClN4OS2. The lowest BCUT2D eigenvalue weighted by Crippen LogP contribution is -2.19. The number of nitrogens with zero attached hydrogens (tertiary/aromatic N) is 2. The van der Waals surface area contributed by atoms with E-state index in [4.69, 9.17) is 11.6 Å². The Balaban J connectivity index is 1.51. The lowest BCUT2D eigenvalue weighted by molar-refractivity contribution is 0.262. The Morgan fingerprint density at radius 3 is 2.52 bits per heavy atom. The lowest BCUT2D eigenvalue weighted by atomic mass is 10.2. The molecule has 1 heterocycles. The minimum Gasteiger partial charge on any atom is -0.308 e. The number of thioether (sulfide) groups is 1. The molecule has 0 radical (unpaired) electrons. The van der Waals surface area contributed by atoms with E-state index in [1.54, 1.807) is 11.8 Å². The number of amides is 2. The Morgan fingerprint density at radius 1 is 1.08 bits per heavy atom. The van der Waals surface area contributed by atoms with Crippen molar-refractivity contribution in [3.05, 3.63) is 64.7 Å². The highest BCUT2D eigenvalue weighted by molar-refractivity contribution is 8.00. The maximum atomic E-state index is 12.0. The van der Waals surface area contributed by atoms with Crippen LogP contribution in [0.5, 0.6) is 0 Å². The number of urea groups is 1. The number of benzene rings is 2. The van der Waals surface area contributed by atoms with Crippen LogP contribution < -0.4 is 10.6 Å². The summed E-state index contributed by atoms with van der Waals surface area (Å²) in [5.74, 6) is 0.765. The van der Waals surface area contributed by atoms with Crippen molar-refractivity contribution < 1.29 is 4.79 Å². The molecule has 0 saturated heterocycles. The maximum absolute atomic E-state index is 12.0. The van der Waals surface area contributed by atoms with Gasteiger partial charge in [0.05, 0.1) is 0 Å². The highest BCUT2D eigenvalue weighted by atomic mass is 35.5. The molecule has 0 unspecified atom stereocenters. The van der Waals surface area contributed by atoms with E-state index in [0.717, 1.165) is 31.9 Å². The third-order valence-electron chi connectivity index (χ3n) is 3.21. The highest BCUT2D eigenvalue weighted by Crippen LogP contribution is 2.28. The van der Waals surface area contributed by atoms with Crippen LogP contribution in [0.25, 0.3) is 0 Å². The average Bonchev–Trinajstić information content (AvgIpc) is 3.04. The third kappa shape index (κ3) is 5.45. The molecule has 2 aromatic carbocycles. The Morgan fingerprint density at radius 2 is 1.80 bits per heavy atom. The first-order chi connectivity index (χ1) is 12.1. The Bertz CT molecular complexity index is 850. The third-order valence-corrected chi connectivity index (χ3v) is 5.51. The molecule has 0 aliphatic heterocycles. The Labute approximate surface area is 158 Å². The lowest BCUT2D eigenvalue weighted by Gasteiger charge is -2.04. The van der Waals surface area contributed by atoms with Crippen LogP contribution in [0.2, 0.25) is 5.02 Å². The monoisotopic (exact) mass is 390 g/mol. The van der Waals surface area contributed by atoms with E-state index in [-0.39, 0.29) is 6.03 Å². The number of carbonyl (C=O) groups is 1. The summed E-state index contributed by atoms with van der Waals surface area (Å²) in [5, 5.41) is 14.7. The number of aryl methyl sites for hydroxylation is 1. The molecule has 3 aromatic rings. The zero-order chi connectivity index (χ0) is 17.6. The Kier molecular flexibility index (Phi) is 5.91. The summed E-state index contributed by atoms with van der Waals surface area (Å²) in [6.45, 7) is 1.99. The molecule has 1 aromatic heterocycles. The van der Waals surface area contributed by atoms with Gasteiger partial charge in [-0.3, -0.25) is 5.32 Å². The quantitative estimate of drug-likeness (QED) is 0.450. The van der Waals surface area contributed by atoms with Gasteiger partial charge in [0.25, 0.3) is 0 Å². The van der Waals surface area contributed by atoms with Crippen molar-refractivity contribution >= 4 is 51.5 Å². The van der Waals surface area contributed by atoms with E-state index in [1.165, 1.54) is 11.3 Å². The molecule has 2 amide bonds. The van der Waals surface area contributed by atoms with Crippen LogP contribution in [-0.4, -0.2) is 16.2 Å². The first kappa shape index (κ1) is 17.7. The Hall–Kier alpha value is -2.09. The van der Waals surface area contributed by atoms with E-state index in [9.17, 15) is 4.79 Å². The molecule has 25 heavy (non-hydrogen) atoms. The summed E-state index contributed by atoms with van der Waals surface area (Å²) in [7, 11) is 0. The van der Waals surface area contributed by atoms with Crippen LogP contribution in [0.1, 0.15) is 11.1 Å². The molecule has 2 N–H and O–H groups in total. The summed E-state index contributed by atoms with van der Waals surface area (Å²) in [5.41, 5.74) is 3.01. The predicted molar refractivity (Wildman–Crippen MR) is 105 cm³/mol. The summed E-state index contributed by atoms with van der Waals surface area (Å²) in [6, 6.07) is 14.9. The minimum atomic E-state index is -0.339. The molecular weight excluding hydrogens is 376 g/mol. The second kappa shape index (κ2) is 8.33. The topological polar surface area (TPSA) is 66.9 Å². The van der Waals surface area contributed by atoms with E-state index in [0.29, 0.717) is 5.13 Å². The van der Waals surface area contributed by atoms with Gasteiger partial charge < -0.3 is 5.32 Å². The van der Waals surface area contributed by atoms with Gasteiger partial charge in [0.1, 0.15) is 0 Å². The molecule has 8 heteroatoms. The summed E-state index contributed by atoms with van der Waals surface area (Å²) < 4.78 is 0.792. The van der Waals surface area contributed by atoms with Gasteiger partial charge in [-0.05, 0) is 36.8 Å². The van der Waals surface area contributed by atoms with Crippen molar-refractivity contribution in [1.82, 2.24) is 10.2 Å². The zero-order valence-electron chi connectivity index (χ0n) is 13.3. The molecule has 0 atom stereocenters. The summed E-state index contributed by atoms with van der Waals surface area (Å²) >= 11 is 8.78. The van der Waals surface area contributed by atoms with Crippen molar-refractivity contribution in [2.75, 3.05) is 10.6 Å². The van der Waals surface area contributed by atoms with Gasteiger partial charge in [-0.2, -0.15) is 0 Å². The number of nitrogens with one attached hydrogen (secondary N) is 2. The predicted octanol–water partition coefficient (Wildman–Crippen LogP) is 5.44. The zero-order valence-corrected chi connectivity index (χ0v) is 15.7. The number of hydrogen-bond donors (Lipinski definition) is 2. The van der Waals surface area contributed by atoms with Crippen LogP contribution in [0, 0.1) is 6.92 Å². The summed E-state index contributed by atoms with van der Waals surface area (Å²) in [6.07, 6.45) is 0. The second-order valence-electron chi connectivity index (χ2n) is 5.23. The molecule has 3 rings (SSSR count). The SMILES string of the molecule is Cc1ccc(NC(=O)Nc2nnc(SCc3ccc(Cl)cc3)s2)cc1. The van der Waals surface area contributed by atoms with Gasteiger partial charge in [-0.25, -0.2) is 4.79 Å². The van der Waals surface area contributed by atoms with Gasteiger partial charge >= 0.3 is 6.03 Å². The molecule has 0 fully saturated rings. The molecule has 128 valence electrons. The van der Waals surface area contributed by atoms with Crippen LogP contribution in [-0.2, 0) is 5.75 Å². The molecule has 0 saturated carbocycles. The number of anilines is 2. The number of halogens is 1. The average molecular weight is 391 g/mol. The molecule has 0 aliphatic carbocycles. The number of carbonyl (C=O) groups excluding carboxylic acids is 1. The van der Waals surface area contributed by atoms with Crippen molar-refractivity contribution in [3.63, 3.8) is 0 Å².